The molecule has 0 saturated carbocycles. The number of carbonyl (C=O) groups is 1. The molecular weight excluding hydrogens is 423 g/mol. The number of amidine groups is 1. The van der Waals surface area contributed by atoms with Crippen LogP contribution in [0.4, 0.5) is 4.39 Å². The number of methoxy groups -OCH3 is 1. The molecule has 4 rings (SSSR count). The first-order valence-electron chi connectivity index (χ1n) is 11.3. The molecule has 0 aliphatic carbocycles. The van der Waals surface area contributed by atoms with Gasteiger partial charge in [-0.1, -0.05) is 0 Å². The van der Waals surface area contributed by atoms with Gasteiger partial charge in [0.15, 0.2) is 5.82 Å². The van der Waals surface area contributed by atoms with E-state index in [1.165, 1.54) is 25.3 Å². The van der Waals surface area contributed by atoms with Crippen molar-refractivity contribution in [3.8, 4) is 5.75 Å². The van der Waals surface area contributed by atoms with Gasteiger partial charge in [0.05, 0.1) is 18.7 Å². The summed E-state index contributed by atoms with van der Waals surface area (Å²) in [5.74, 6) is 1.10. The molecule has 2 fully saturated rings. The number of hydrazone groups is 1. The minimum Gasteiger partial charge on any atom is -0.496 e. The molecule has 3 aliphatic rings. The maximum absolute atomic E-state index is 13.7. The molecule has 1 aromatic rings. The van der Waals surface area contributed by atoms with Gasteiger partial charge in [0.1, 0.15) is 17.4 Å². The second-order valence-electron chi connectivity index (χ2n) is 8.66. The number of nitrogens with two attached hydrogens (primary N) is 1. The Balaban J connectivity index is 1.65. The number of hydrogen-bond acceptors (Lipinski definition) is 7. The Hall–Kier alpha value is -3.20. The lowest BCUT2D eigenvalue weighted by atomic mass is 10.00. The van der Waals surface area contributed by atoms with E-state index in [4.69, 9.17) is 15.5 Å². The van der Waals surface area contributed by atoms with Gasteiger partial charge in [-0.15, -0.1) is 0 Å². The maximum Gasteiger partial charge on any atom is 0.258 e. The van der Waals surface area contributed by atoms with E-state index < -0.39 is 5.82 Å². The summed E-state index contributed by atoms with van der Waals surface area (Å²) in [6.07, 6.45) is 7.50. The Labute approximate surface area is 193 Å². The molecule has 0 radical (unpaired) electrons. The molecular formula is C24H31FN6O2. The number of benzene rings is 1. The first-order valence-corrected chi connectivity index (χ1v) is 11.3. The van der Waals surface area contributed by atoms with Gasteiger partial charge in [0.2, 0.25) is 0 Å². The molecule has 2 saturated heterocycles. The molecule has 0 aromatic heterocycles. The summed E-state index contributed by atoms with van der Waals surface area (Å²) in [5, 5.41) is 5.75. The van der Waals surface area contributed by atoms with E-state index in [0.717, 1.165) is 50.2 Å². The van der Waals surface area contributed by atoms with Gasteiger partial charge in [0, 0.05) is 50.2 Å². The van der Waals surface area contributed by atoms with Crippen LogP contribution in [0, 0.1) is 5.82 Å². The fourth-order valence-corrected chi connectivity index (χ4v) is 4.63. The Morgan fingerprint density at radius 2 is 2.15 bits per heavy atom. The second kappa shape index (κ2) is 9.74. The predicted molar refractivity (Wildman–Crippen MR) is 126 cm³/mol. The van der Waals surface area contributed by atoms with Crippen LogP contribution in [0.25, 0.3) is 0 Å². The van der Waals surface area contributed by atoms with Gasteiger partial charge in [-0.2, -0.15) is 5.10 Å². The van der Waals surface area contributed by atoms with Crippen LogP contribution in [0.5, 0.6) is 5.75 Å². The number of amides is 1. The van der Waals surface area contributed by atoms with Crippen molar-refractivity contribution in [1.29, 1.82) is 0 Å². The summed E-state index contributed by atoms with van der Waals surface area (Å²) < 4.78 is 18.9. The van der Waals surface area contributed by atoms with Gasteiger partial charge in [-0.05, 0) is 50.8 Å². The number of aliphatic imine (C=N–C) groups is 1. The van der Waals surface area contributed by atoms with Crippen LogP contribution in [0.15, 0.2) is 52.0 Å². The molecule has 3 aliphatic heterocycles. The van der Waals surface area contributed by atoms with Crippen molar-refractivity contribution < 1.29 is 13.9 Å². The molecule has 2 atom stereocenters. The van der Waals surface area contributed by atoms with Crippen molar-refractivity contribution in [2.45, 2.75) is 44.7 Å². The Bertz CT molecular complexity index is 1020. The summed E-state index contributed by atoms with van der Waals surface area (Å²) >= 11 is 0. The Kier molecular flexibility index (Phi) is 6.78. The van der Waals surface area contributed by atoms with Crippen LogP contribution in [-0.4, -0.2) is 72.1 Å². The molecule has 8 nitrogen and oxygen atoms in total. The van der Waals surface area contributed by atoms with Crippen LogP contribution in [-0.2, 0) is 0 Å². The standard InChI is InChI=1S/C24H31FN6O2/c1-16-14-31(27-2)22(28-23(16)29-11-9-18(26)15-29)13-19-6-4-5-10-30(19)24(32)20-8-7-17(25)12-21(20)33-3/h7-8,12-14,18-19H,2,4-6,9-11,15,26H2,1,3H3/b22-13-/t18-,19?/m0/s1. The molecule has 176 valence electrons. The summed E-state index contributed by atoms with van der Waals surface area (Å²) in [6.45, 7) is 7.90. The number of rotatable bonds is 4. The predicted octanol–water partition coefficient (Wildman–Crippen LogP) is 2.94. The average molecular weight is 455 g/mol. The largest absolute Gasteiger partial charge is 0.496 e. The van der Waals surface area contributed by atoms with E-state index in [9.17, 15) is 9.18 Å². The van der Waals surface area contributed by atoms with E-state index in [-0.39, 0.29) is 23.7 Å². The SMILES string of the molecule is C=NN1C=C(C)C(N2CC[C@H](N)C2)=N/C1=C/C1CCCCN1C(=O)c1ccc(F)cc1OC. The van der Waals surface area contributed by atoms with E-state index in [1.54, 1.807) is 9.91 Å². The minimum atomic E-state index is -0.443. The monoisotopic (exact) mass is 454 g/mol. The topological polar surface area (TPSA) is 86.8 Å². The van der Waals surface area contributed by atoms with Gasteiger partial charge < -0.3 is 20.3 Å². The number of halogens is 1. The van der Waals surface area contributed by atoms with Crippen molar-refractivity contribution in [2.75, 3.05) is 26.7 Å². The van der Waals surface area contributed by atoms with E-state index in [0.29, 0.717) is 17.9 Å². The third kappa shape index (κ3) is 4.78. The molecule has 0 spiro atoms. The maximum atomic E-state index is 13.7. The van der Waals surface area contributed by atoms with E-state index >= 15 is 0 Å². The highest BCUT2D eigenvalue weighted by molar-refractivity contribution is 5.99. The lowest BCUT2D eigenvalue weighted by Crippen LogP contribution is -2.43. The number of carbonyl (C=O) groups excluding carboxylic acids is 1. The fourth-order valence-electron chi connectivity index (χ4n) is 4.63. The van der Waals surface area contributed by atoms with Gasteiger partial charge in [0.25, 0.3) is 5.91 Å². The summed E-state index contributed by atoms with van der Waals surface area (Å²) in [5.41, 5.74) is 7.44. The third-order valence-corrected chi connectivity index (χ3v) is 6.35. The van der Waals surface area contributed by atoms with Crippen LogP contribution < -0.4 is 10.5 Å². The average Bonchev–Trinajstić information content (AvgIpc) is 3.25. The summed E-state index contributed by atoms with van der Waals surface area (Å²) in [7, 11) is 1.44. The molecule has 0 bridgehead atoms. The van der Waals surface area contributed by atoms with Gasteiger partial charge in [-0.3, -0.25) is 4.79 Å². The highest BCUT2D eigenvalue weighted by atomic mass is 19.1. The van der Waals surface area contributed by atoms with Crippen molar-refractivity contribution in [3.63, 3.8) is 0 Å². The van der Waals surface area contributed by atoms with Gasteiger partial charge >= 0.3 is 0 Å². The summed E-state index contributed by atoms with van der Waals surface area (Å²) in [6, 6.07) is 3.95. The lowest BCUT2D eigenvalue weighted by Gasteiger charge is -2.35. The van der Waals surface area contributed by atoms with Crippen LogP contribution >= 0.6 is 0 Å². The lowest BCUT2D eigenvalue weighted by molar-refractivity contribution is 0.0658. The quantitative estimate of drug-likeness (QED) is 0.707. The number of nitrogens with zero attached hydrogens (tertiary/aromatic N) is 5. The molecule has 3 heterocycles. The molecule has 9 heteroatoms. The number of likely N-dealkylation sites (tertiary alicyclic amines) is 2. The van der Waals surface area contributed by atoms with Crippen molar-refractivity contribution >= 4 is 18.5 Å². The highest BCUT2D eigenvalue weighted by Crippen LogP contribution is 2.29. The van der Waals surface area contributed by atoms with E-state index in [2.05, 4.69) is 16.7 Å². The van der Waals surface area contributed by atoms with Gasteiger partial charge in [-0.25, -0.2) is 14.4 Å². The smallest absolute Gasteiger partial charge is 0.258 e. The Morgan fingerprint density at radius 3 is 2.85 bits per heavy atom. The van der Waals surface area contributed by atoms with Crippen LogP contribution in [0.3, 0.4) is 0 Å². The minimum absolute atomic E-state index is 0.139. The van der Waals surface area contributed by atoms with Crippen LogP contribution in [0.2, 0.25) is 0 Å². The zero-order valence-corrected chi connectivity index (χ0v) is 19.2. The molecule has 2 N–H and O–H groups in total. The molecule has 1 amide bonds. The van der Waals surface area contributed by atoms with Crippen LogP contribution in [0.1, 0.15) is 43.0 Å². The van der Waals surface area contributed by atoms with Crippen molar-refractivity contribution in [3.05, 3.63) is 53.2 Å². The highest BCUT2D eigenvalue weighted by Gasteiger charge is 2.31. The first kappa shape index (κ1) is 23.0. The van der Waals surface area contributed by atoms with E-state index in [1.807, 2.05) is 19.2 Å². The number of hydrogen-bond donors (Lipinski definition) is 1. The van der Waals surface area contributed by atoms with Crippen molar-refractivity contribution in [1.82, 2.24) is 14.8 Å². The molecule has 33 heavy (non-hydrogen) atoms. The third-order valence-electron chi connectivity index (χ3n) is 6.35. The Morgan fingerprint density at radius 1 is 1.33 bits per heavy atom. The number of ether oxygens (including phenoxy) is 1. The first-order chi connectivity index (χ1) is 15.9. The second-order valence-corrected chi connectivity index (χ2v) is 8.66. The van der Waals surface area contributed by atoms with Crippen molar-refractivity contribution in [2.24, 2.45) is 15.8 Å². The molecule has 1 aromatic carbocycles. The zero-order chi connectivity index (χ0) is 23.5. The number of piperidine rings is 1. The molecule has 1 unspecified atom stereocenters. The fraction of sp³-hybridized carbons (Fsp3) is 0.458. The summed E-state index contributed by atoms with van der Waals surface area (Å²) in [4.78, 5) is 22.3. The zero-order valence-electron chi connectivity index (χ0n) is 19.2. The normalized spacial score (nSPS) is 24.6.